The summed E-state index contributed by atoms with van der Waals surface area (Å²) in [6.45, 7) is 6.16. The number of carbonyl (C=O) groups is 4. The van der Waals surface area contributed by atoms with E-state index in [1.165, 1.54) is 30.5 Å². The maximum atomic E-state index is 13.5. The van der Waals surface area contributed by atoms with Crippen molar-refractivity contribution in [3.05, 3.63) is 52.4 Å². The fraction of sp³-hybridized carbons (Fsp3) is 0.414. The molecule has 0 aliphatic carbocycles. The number of carbonyl (C=O) groups excluding carboxylic acids is 2. The largest absolute Gasteiger partial charge is 0.478 e. The Labute approximate surface area is 272 Å². The molecule has 0 aromatic carbocycles. The van der Waals surface area contributed by atoms with Gasteiger partial charge in [-0.25, -0.2) is 14.6 Å². The van der Waals surface area contributed by atoms with Gasteiger partial charge in [-0.15, -0.1) is 23.1 Å². The zero-order valence-electron chi connectivity index (χ0n) is 25.6. The molecule has 5 rings (SSSR count). The lowest BCUT2D eigenvalue weighted by atomic mass is 10.0. The molecule has 5 heterocycles. The lowest BCUT2D eigenvalue weighted by Crippen LogP contribution is -2.71. The van der Waals surface area contributed by atoms with Crippen LogP contribution >= 0.6 is 23.1 Å². The predicted octanol–water partition coefficient (Wildman–Crippen LogP) is 0.908. The molecule has 46 heavy (non-hydrogen) atoms. The van der Waals surface area contributed by atoms with E-state index >= 15 is 0 Å². The molecule has 244 valence electrons. The molecule has 3 aromatic heterocycles. The van der Waals surface area contributed by atoms with Gasteiger partial charge < -0.3 is 36.0 Å². The molecular weight excluding hydrogens is 637 g/mol. The van der Waals surface area contributed by atoms with E-state index in [9.17, 15) is 29.4 Å². The highest BCUT2D eigenvalue weighted by molar-refractivity contribution is 8.00. The van der Waals surface area contributed by atoms with Crippen molar-refractivity contribution >= 4 is 68.7 Å². The van der Waals surface area contributed by atoms with Crippen molar-refractivity contribution in [2.75, 3.05) is 25.1 Å². The Morgan fingerprint density at radius 3 is 2.70 bits per heavy atom. The highest BCUT2D eigenvalue weighted by Crippen LogP contribution is 2.40. The Hall–Kier alpha value is -4.48. The van der Waals surface area contributed by atoms with E-state index in [0.717, 1.165) is 41.9 Å². The highest BCUT2D eigenvalue weighted by Gasteiger charge is 2.55. The topological polar surface area (TPSA) is 205 Å². The number of oxime groups is 1. The van der Waals surface area contributed by atoms with Crippen LogP contribution in [0.5, 0.6) is 0 Å². The Bertz CT molecular complexity index is 1780. The summed E-state index contributed by atoms with van der Waals surface area (Å²) in [7, 11) is 1.91. The molecule has 1 saturated heterocycles. The number of aromatic nitrogens is 3. The van der Waals surface area contributed by atoms with Crippen molar-refractivity contribution in [1.29, 1.82) is 0 Å². The van der Waals surface area contributed by atoms with E-state index in [1.54, 1.807) is 6.92 Å². The number of amides is 2. The Kier molecular flexibility index (Phi) is 9.37. The lowest BCUT2D eigenvalue weighted by molar-refractivity contribution is -0.663. The quantitative estimate of drug-likeness (QED) is 0.0568. The predicted molar refractivity (Wildman–Crippen MR) is 171 cm³/mol. The molecule has 0 saturated carbocycles. The fourth-order valence-electron chi connectivity index (χ4n) is 5.22. The van der Waals surface area contributed by atoms with E-state index < -0.39 is 40.8 Å². The maximum absolute atomic E-state index is 13.5. The summed E-state index contributed by atoms with van der Waals surface area (Å²) in [5.41, 5.74) is 6.19. The van der Waals surface area contributed by atoms with E-state index in [-0.39, 0.29) is 28.8 Å². The van der Waals surface area contributed by atoms with Crippen molar-refractivity contribution in [3.8, 4) is 0 Å². The van der Waals surface area contributed by atoms with Crippen molar-refractivity contribution < 1.29 is 38.8 Å². The number of fused-ring (bicyclic) bond motifs is 2. The van der Waals surface area contributed by atoms with Gasteiger partial charge in [0.15, 0.2) is 23.6 Å². The second-order valence-electron chi connectivity index (χ2n) is 11.3. The number of thiazole rings is 1. The summed E-state index contributed by atoms with van der Waals surface area (Å²) in [5.74, 6) is -3.68. The second kappa shape index (κ2) is 13.1. The monoisotopic (exact) mass is 671 g/mol. The van der Waals surface area contributed by atoms with Crippen LogP contribution in [0, 0.1) is 6.92 Å². The van der Waals surface area contributed by atoms with Gasteiger partial charge >= 0.3 is 11.9 Å². The van der Waals surface area contributed by atoms with Gasteiger partial charge in [-0.3, -0.25) is 14.5 Å². The molecule has 6 N–H and O–H groups in total. The number of anilines is 1. The van der Waals surface area contributed by atoms with Crippen LogP contribution in [0.25, 0.3) is 11.0 Å². The molecule has 0 spiro atoms. The van der Waals surface area contributed by atoms with Crippen LogP contribution in [0.15, 0.2) is 47.0 Å². The van der Waals surface area contributed by atoms with Gasteiger partial charge in [-0.1, -0.05) is 5.16 Å². The number of aliphatic carboxylic acids is 2. The summed E-state index contributed by atoms with van der Waals surface area (Å²) >= 11 is 2.44. The molecule has 17 heteroatoms. The molecule has 2 aliphatic rings. The van der Waals surface area contributed by atoms with Crippen LogP contribution in [0.2, 0.25) is 0 Å². The van der Waals surface area contributed by atoms with Gasteiger partial charge in [0, 0.05) is 41.1 Å². The van der Waals surface area contributed by atoms with Crippen molar-refractivity contribution in [2.24, 2.45) is 5.16 Å². The average Bonchev–Trinajstić information content (AvgIpc) is 3.57. The van der Waals surface area contributed by atoms with Gasteiger partial charge in [-0.05, 0) is 46.9 Å². The number of rotatable bonds is 13. The number of nitrogens with zero attached hydrogens (tertiary/aromatic N) is 5. The van der Waals surface area contributed by atoms with E-state index in [4.69, 9.17) is 10.6 Å². The molecule has 2 amide bonds. The molecule has 3 aromatic rings. The number of hydrogen-bond donors (Lipinski definition) is 5. The van der Waals surface area contributed by atoms with Crippen molar-refractivity contribution in [1.82, 2.24) is 25.1 Å². The SMILES string of the molecule is CNCCCn1ccc2c1ccc[n+]2CC1=C(C(=O)O)N2C(=O)C(NC(=O)C(=NOC(C)(C)C(=O)O)c3nc(N)sc3C)C2SC1. The summed E-state index contributed by atoms with van der Waals surface area (Å²) in [6, 6.07) is 4.86. The number of β-lactam (4-membered cyclic amide) rings is 1. The van der Waals surface area contributed by atoms with Gasteiger partial charge in [-0.2, -0.15) is 4.57 Å². The Morgan fingerprint density at radius 1 is 1.28 bits per heavy atom. The van der Waals surface area contributed by atoms with Crippen molar-refractivity contribution in [2.45, 2.75) is 57.3 Å². The second-order valence-corrected chi connectivity index (χ2v) is 13.6. The summed E-state index contributed by atoms with van der Waals surface area (Å²) in [6.07, 6.45) is 4.84. The van der Waals surface area contributed by atoms with Crippen LogP contribution in [-0.4, -0.2) is 90.5 Å². The zero-order valence-corrected chi connectivity index (χ0v) is 27.3. The number of nitrogen functional groups attached to an aromatic ring is 1. The fourth-order valence-corrected chi connectivity index (χ4v) is 7.25. The molecule has 2 unspecified atom stereocenters. The molecular formula is C29H35N8O7S2+. The number of nitrogens with one attached hydrogen (secondary N) is 2. The minimum Gasteiger partial charge on any atom is -0.478 e. The van der Waals surface area contributed by atoms with Gasteiger partial charge in [0.2, 0.25) is 11.1 Å². The van der Waals surface area contributed by atoms with Gasteiger partial charge in [0.25, 0.3) is 11.8 Å². The third-order valence-corrected chi connectivity index (χ3v) is 9.81. The number of pyridine rings is 1. The lowest BCUT2D eigenvalue weighted by Gasteiger charge is -2.49. The Balaban J connectivity index is 1.37. The third-order valence-electron chi connectivity index (χ3n) is 7.67. The minimum atomic E-state index is -1.77. The maximum Gasteiger partial charge on any atom is 0.352 e. The van der Waals surface area contributed by atoms with Crippen molar-refractivity contribution in [3.63, 3.8) is 0 Å². The van der Waals surface area contributed by atoms with E-state index in [1.807, 2.05) is 42.2 Å². The summed E-state index contributed by atoms with van der Waals surface area (Å²) in [5, 5.41) is 28.7. The number of thioether (sulfide) groups is 1. The molecule has 15 nitrogen and oxygen atoms in total. The first kappa shape index (κ1) is 32.9. The normalized spacial score (nSPS) is 18.4. The molecule has 0 radical (unpaired) electrons. The van der Waals surface area contributed by atoms with Crippen LogP contribution in [0.3, 0.4) is 0 Å². The first-order valence-electron chi connectivity index (χ1n) is 14.4. The van der Waals surface area contributed by atoms with E-state index in [2.05, 4.69) is 25.3 Å². The molecule has 2 aliphatic heterocycles. The van der Waals surface area contributed by atoms with Gasteiger partial charge in [0.05, 0.1) is 0 Å². The van der Waals surface area contributed by atoms with Crippen LogP contribution < -0.4 is 20.9 Å². The first-order valence-corrected chi connectivity index (χ1v) is 16.3. The van der Waals surface area contributed by atoms with Crippen LogP contribution in [-0.2, 0) is 37.1 Å². The summed E-state index contributed by atoms with van der Waals surface area (Å²) in [4.78, 5) is 62.0. The highest BCUT2D eigenvalue weighted by atomic mass is 32.2. The smallest absolute Gasteiger partial charge is 0.352 e. The number of aryl methyl sites for hydroxylation is 2. The standard InChI is InChI=1S/C29H34N8O7S2/c1-15-19(33-28(30)46-15)20(34-44-29(2,3)27(42)43)23(38)32-21-24(39)37-22(26(40)41)16(14-45-25(21)37)13-36-10-5-7-17-18(36)8-12-35(17)11-6-9-31-4/h5,7-8,10,12,21,25,31H,6,9,11,13-14H2,1-4H3,(H4-,30,32,33,38,40,41,42,43)/p+1. The zero-order chi connectivity index (χ0) is 33.3. The third kappa shape index (κ3) is 6.29. The number of nitrogens with two attached hydrogens (primary N) is 1. The molecule has 0 bridgehead atoms. The average molecular weight is 672 g/mol. The number of carboxylic acids is 2. The Morgan fingerprint density at radius 2 is 2.04 bits per heavy atom. The first-order chi connectivity index (χ1) is 21.8. The van der Waals surface area contributed by atoms with Crippen LogP contribution in [0.1, 0.15) is 30.8 Å². The molecule has 2 atom stereocenters. The number of carboxylic acid groups (broad SMARTS) is 2. The number of hydrogen-bond acceptors (Lipinski definition) is 11. The van der Waals surface area contributed by atoms with Crippen LogP contribution in [0.4, 0.5) is 5.13 Å². The molecule has 1 fully saturated rings. The minimum absolute atomic E-state index is 0.0802. The summed E-state index contributed by atoms with van der Waals surface area (Å²) < 4.78 is 4.12. The van der Waals surface area contributed by atoms with Gasteiger partial charge in [0.1, 0.15) is 28.3 Å². The van der Waals surface area contributed by atoms with E-state index in [0.29, 0.717) is 16.2 Å².